The van der Waals surface area contributed by atoms with E-state index in [1.165, 1.54) is 17.9 Å². The molecule has 0 saturated carbocycles. The zero-order valence-corrected chi connectivity index (χ0v) is 18.2. The number of nitrogens with one attached hydrogen (secondary N) is 1. The number of fused-ring (bicyclic) bond motifs is 1. The van der Waals surface area contributed by atoms with Gasteiger partial charge >= 0.3 is 0 Å². The Morgan fingerprint density at radius 3 is 2.68 bits per heavy atom. The number of carbonyl (C=O) groups excluding carboxylic acids is 2. The van der Waals surface area contributed by atoms with Crippen molar-refractivity contribution >= 4 is 60.6 Å². The molecule has 0 radical (unpaired) electrons. The monoisotopic (exact) mass is 484 g/mol. The SMILES string of the molecule is CC(=O)N1CCc2cc(Br)cc(S(=O)(=O)CCC(=O)Nc3cccc(Cl)c3)c21. The number of rotatable bonds is 5. The van der Waals surface area contributed by atoms with E-state index in [1.807, 2.05) is 6.07 Å². The molecule has 0 spiro atoms. The molecular weight excluding hydrogens is 468 g/mol. The largest absolute Gasteiger partial charge is 0.326 e. The fraction of sp³-hybridized carbons (Fsp3) is 0.263. The second-order valence-electron chi connectivity index (χ2n) is 6.46. The summed E-state index contributed by atoms with van der Waals surface area (Å²) < 4.78 is 26.6. The average Bonchev–Trinajstić information content (AvgIpc) is 3.03. The minimum absolute atomic E-state index is 0.0696. The van der Waals surface area contributed by atoms with Crippen molar-refractivity contribution in [3.8, 4) is 0 Å². The van der Waals surface area contributed by atoms with Crippen LogP contribution in [0.1, 0.15) is 18.9 Å². The number of halogens is 2. The van der Waals surface area contributed by atoms with E-state index in [9.17, 15) is 18.0 Å². The lowest BCUT2D eigenvalue weighted by Gasteiger charge is -2.19. The van der Waals surface area contributed by atoms with E-state index in [-0.39, 0.29) is 23.0 Å². The van der Waals surface area contributed by atoms with Crippen molar-refractivity contribution in [3.05, 3.63) is 51.5 Å². The van der Waals surface area contributed by atoms with Gasteiger partial charge in [-0.05, 0) is 42.3 Å². The van der Waals surface area contributed by atoms with Gasteiger partial charge < -0.3 is 10.2 Å². The van der Waals surface area contributed by atoms with E-state index < -0.39 is 15.7 Å². The van der Waals surface area contributed by atoms with Gasteiger partial charge in [0.1, 0.15) is 0 Å². The topological polar surface area (TPSA) is 83.6 Å². The molecule has 2 amide bonds. The molecule has 0 aromatic heterocycles. The zero-order valence-electron chi connectivity index (χ0n) is 15.0. The molecular formula is C19H18BrClN2O4S. The lowest BCUT2D eigenvalue weighted by molar-refractivity contribution is -0.117. The predicted molar refractivity (Wildman–Crippen MR) is 113 cm³/mol. The normalized spacial score (nSPS) is 13.3. The highest BCUT2D eigenvalue weighted by Crippen LogP contribution is 2.38. The van der Waals surface area contributed by atoms with Crippen LogP contribution in [0, 0.1) is 0 Å². The number of amides is 2. The second kappa shape index (κ2) is 8.23. The summed E-state index contributed by atoms with van der Waals surface area (Å²) in [6.07, 6.45) is 0.377. The van der Waals surface area contributed by atoms with Crippen LogP contribution in [0.3, 0.4) is 0 Å². The molecule has 1 heterocycles. The number of hydrogen-bond donors (Lipinski definition) is 1. The number of sulfone groups is 1. The highest BCUT2D eigenvalue weighted by atomic mass is 79.9. The first-order valence-corrected chi connectivity index (χ1v) is 11.4. The zero-order chi connectivity index (χ0) is 20.5. The molecule has 9 heteroatoms. The molecule has 148 valence electrons. The van der Waals surface area contributed by atoms with Crippen molar-refractivity contribution in [2.24, 2.45) is 0 Å². The van der Waals surface area contributed by atoms with Crippen molar-refractivity contribution in [3.63, 3.8) is 0 Å². The summed E-state index contributed by atoms with van der Waals surface area (Å²) in [6, 6.07) is 9.93. The fourth-order valence-corrected chi connectivity index (χ4v) is 5.51. The van der Waals surface area contributed by atoms with Crippen LogP contribution >= 0.6 is 27.5 Å². The lowest BCUT2D eigenvalue weighted by Crippen LogP contribution is -2.27. The highest BCUT2D eigenvalue weighted by Gasteiger charge is 2.31. The molecule has 1 aliphatic heterocycles. The minimum Gasteiger partial charge on any atom is -0.326 e. The number of benzene rings is 2. The average molecular weight is 486 g/mol. The minimum atomic E-state index is -3.78. The molecule has 6 nitrogen and oxygen atoms in total. The van der Waals surface area contributed by atoms with Gasteiger partial charge in [-0.25, -0.2) is 8.42 Å². The maximum atomic E-state index is 13.0. The van der Waals surface area contributed by atoms with Crippen LogP contribution in [0.4, 0.5) is 11.4 Å². The number of anilines is 2. The van der Waals surface area contributed by atoms with E-state index in [4.69, 9.17) is 11.6 Å². The molecule has 0 bridgehead atoms. The van der Waals surface area contributed by atoms with Gasteiger partial charge in [-0.3, -0.25) is 9.59 Å². The first kappa shape index (κ1) is 20.8. The summed E-state index contributed by atoms with van der Waals surface area (Å²) in [5, 5.41) is 3.11. The van der Waals surface area contributed by atoms with Crippen LogP contribution in [0.25, 0.3) is 0 Å². The van der Waals surface area contributed by atoms with Crippen molar-refractivity contribution < 1.29 is 18.0 Å². The third kappa shape index (κ3) is 4.56. The van der Waals surface area contributed by atoms with Crippen LogP contribution in [-0.4, -0.2) is 32.5 Å². The van der Waals surface area contributed by atoms with Crippen molar-refractivity contribution in [1.29, 1.82) is 0 Å². The molecule has 0 aliphatic carbocycles. The third-order valence-corrected chi connectivity index (χ3v) is 6.83. The fourth-order valence-electron chi connectivity index (χ4n) is 3.15. The standard InChI is InChI=1S/C19H18BrClN2O4S/c1-12(24)23-7-5-13-9-14(20)10-17(19(13)23)28(26,27)8-6-18(25)22-16-4-2-3-15(21)11-16/h2-4,9-11H,5-8H2,1H3,(H,22,25). The summed E-state index contributed by atoms with van der Waals surface area (Å²) in [5.41, 5.74) is 1.72. The molecule has 0 fully saturated rings. The van der Waals surface area contributed by atoms with E-state index in [1.54, 1.807) is 24.3 Å². The molecule has 2 aromatic rings. The molecule has 0 saturated heterocycles. The highest BCUT2D eigenvalue weighted by molar-refractivity contribution is 9.10. The van der Waals surface area contributed by atoms with Gasteiger partial charge in [0.2, 0.25) is 11.8 Å². The number of carbonyl (C=O) groups is 2. The van der Waals surface area contributed by atoms with Gasteiger partial charge in [0.15, 0.2) is 9.84 Å². The summed E-state index contributed by atoms with van der Waals surface area (Å²) in [5.74, 6) is -1.01. The Morgan fingerprint density at radius 1 is 1.25 bits per heavy atom. The van der Waals surface area contributed by atoms with Gasteiger partial charge in [-0.15, -0.1) is 0 Å². The Bertz CT molecular complexity index is 1060. The molecule has 1 aliphatic rings. The van der Waals surface area contributed by atoms with Crippen LogP contribution in [-0.2, 0) is 25.8 Å². The number of nitrogens with zero attached hydrogens (tertiary/aromatic N) is 1. The molecule has 0 atom stereocenters. The van der Waals surface area contributed by atoms with Gasteiger partial charge in [0.25, 0.3) is 0 Å². The van der Waals surface area contributed by atoms with Crippen molar-refractivity contribution in [1.82, 2.24) is 0 Å². The summed E-state index contributed by atoms with van der Waals surface area (Å²) in [7, 11) is -3.78. The maximum absolute atomic E-state index is 13.0. The molecule has 0 unspecified atom stereocenters. The van der Waals surface area contributed by atoms with Gasteiger partial charge in [-0.2, -0.15) is 0 Å². The Labute approximate surface area is 176 Å². The van der Waals surface area contributed by atoms with Crippen molar-refractivity contribution in [2.45, 2.75) is 24.7 Å². The second-order valence-corrected chi connectivity index (χ2v) is 9.89. The first-order valence-electron chi connectivity index (χ1n) is 8.56. The smallest absolute Gasteiger partial charge is 0.225 e. The Balaban J connectivity index is 1.80. The van der Waals surface area contributed by atoms with Crippen molar-refractivity contribution in [2.75, 3.05) is 22.5 Å². The van der Waals surface area contributed by atoms with Crippen LogP contribution in [0.5, 0.6) is 0 Å². The van der Waals surface area contributed by atoms with E-state index in [0.717, 1.165) is 5.56 Å². The van der Waals surface area contributed by atoms with E-state index in [0.29, 0.717) is 33.8 Å². The van der Waals surface area contributed by atoms with Gasteiger partial charge in [0, 0.05) is 35.1 Å². The first-order chi connectivity index (χ1) is 13.2. The predicted octanol–water partition coefficient (Wildman–Crippen LogP) is 3.81. The Kier molecular flexibility index (Phi) is 6.12. The lowest BCUT2D eigenvalue weighted by atomic mass is 10.2. The Morgan fingerprint density at radius 2 is 2.00 bits per heavy atom. The van der Waals surface area contributed by atoms with E-state index >= 15 is 0 Å². The van der Waals surface area contributed by atoms with E-state index in [2.05, 4.69) is 21.2 Å². The molecule has 2 aromatic carbocycles. The van der Waals surface area contributed by atoms with Gasteiger partial charge in [-0.1, -0.05) is 33.6 Å². The molecule has 28 heavy (non-hydrogen) atoms. The maximum Gasteiger partial charge on any atom is 0.225 e. The quantitative estimate of drug-likeness (QED) is 0.698. The number of hydrogen-bond acceptors (Lipinski definition) is 4. The Hall–Kier alpha value is -1.90. The summed E-state index contributed by atoms with van der Waals surface area (Å²) in [6.45, 7) is 1.85. The summed E-state index contributed by atoms with van der Waals surface area (Å²) in [4.78, 5) is 25.6. The summed E-state index contributed by atoms with van der Waals surface area (Å²) >= 11 is 9.22. The van der Waals surface area contributed by atoms with Gasteiger partial charge in [0.05, 0.1) is 16.3 Å². The van der Waals surface area contributed by atoms with Crippen LogP contribution in [0.2, 0.25) is 5.02 Å². The van der Waals surface area contributed by atoms with Crippen LogP contribution < -0.4 is 10.2 Å². The van der Waals surface area contributed by atoms with Crippen LogP contribution in [0.15, 0.2) is 45.8 Å². The molecule has 3 rings (SSSR count). The third-order valence-electron chi connectivity index (χ3n) is 4.41. The molecule has 1 N–H and O–H groups in total.